The number of imide groups is 1. The monoisotopic (exact) mass is 360 g/mol. The highest BCUT2D eigenvalue weighted by Crippen LogP contribution is 2.35. The van der Waals surface area contributed by atoms with E-state index in [0.29, 0.717) is 19.2 Å². The van der Waals surface area contributed by atoms with Crippen molar-refractivity contribution < 1.29 is 18.4 Å². The third-order valence-electron chi connectivity index (χ3n) is 4.72. The van der Waals surface area contributed by atoms with Crippen molar-refractivity contribution in [2.75, 3.05) is 13.1 Å². The van der Waals surface area contributed by atoms with E-state index in [-0.39, 0.29) is 11.3 Å². The lowest BCUT2D eigenvalue weighted by Gasteiger charge is -2.39. The van der Waals surface area contributed by atoms with Crippen molar-refractivity contribution in [2.24, 2.45) is 10.9 Å². The Labute approximate surface area is 149 Å². The number of carbonyl (C=O) groups is 2. The second-order valence-electron chi connectivity index (χ2n) is 6.49. The molecule has 0 aromatic heterocycles. The van der Waals surface area contributed by atoms with Crippen molar-refractivity contribution in [2.45, 2.75) is 32.2 Å². The van der Waals surface area contributed by atoms with Crippen LogP contribution in [-0.2, 0) is 0 Å². The minimum atomic E-state index is -1.12. The van der Waals surface area contributed by atoms with Crippen LogP contribution in [-0.4, -0.2) is 40.7 Å². The summed E-state index contributed by atoms with van der Waals surface area (Å²) in [6, 6.07) is 2.27. The summed E-state index contributed by atoms with van der Waals surface area (Å²) in [7, 11) is 0. The first-order chi connectivity index (χ1) is 12.4. The van der Waals surface area contributed by atoms with Gasteiger partial charge in [-0.2, -0.15) is 5.26 Å². The molecule has 3 rings (SSSR count). The molecule has 1 saturated heterocycles. The van der Waals surface area contributed by atoms with Crippen LogP contribution in [0.5, 0.6) is 0 Å². The van der Waals surface area contributed by atoms with Crippen molar-refractivity contribution in [3.63, 3.8) is 0 Å². The molecule has 0 bridgehead atoms. The predicted octanol–water partition coefficient (Wildman–Crippen LogP) is 3.65. The number of piperidine rings is 1. The lowest BCUT2D eigenvalue weighted by Crippen LogP contribution is -2.53. The number of benzene rings is 1. The summed E-state index contributed by atoms with van der Waals surface area (Å²) in [6.45, 7) is 2.48. The molecule has 6 nitrogen and oxygen atoms in total. The maximum Gasteiger partial charge on any atom is 0.352 e. The molecule has 26 heavy (non-hydrogen) atoms. The second-order valence-corrected chi connectivity index (χ2v) is 6.49. The van der Waals surface area contributed by atoms with Gasteiger partial charge in [0.15, 0.2) is 0 Å². The quantitative estimate of drug-likeness (QED) is 0.767. The van der Waals surface area contributed by atoms with Gasteiger partial charge in [0.2, 0.25) is 0 Å². The van der Waals surface area contributed by atoms with E-state index in [2.05, 4.69) is 4.99 Å². The van der Waals surface area contributed by atoms with E-state index in [1.54, 1.807) is 0 Å². The zero-order chi connectivity index (χ0) is 18.8. The molecule has 0 radical (unpaired) electrons. The van der Waals surface area contributed by atoms with Crippen LogP contribution in [0.15, 0.2) is 23.2 Å². The zero-order valence-electron chi connectivity index (χ0n) is 14.3. The van der Waals surface area contributed by atoms with Crippen molar-refractivity contribution in [3.05, 3.63) is 35.4 Å². The molecule has 136 valence electrons. The summed E-state index contributed by atoms with van der Waals surface area (Å²) in [5.74, 6) is -2.65. The van der Waals surface area contributed by atoms with E-state index in [4.69, 9.17) is 0 Å². The van der Waals surface area contributed by atoms with Gasteiger partial charge in [0.05, 0.1) is 12.1 Å². The van der Waals surface area contributed by atoms with Gasteiger partial charge in [-0.25, -0.2) is 28.3 Å². The van der Waals surface area contributed by atoms with Gasteiger partial charge in [0, 0.05) is 24.9 Å². The number of aliphatic imine (C=N–C) groups is 1. The maximum atomic E-state index is 13.7. The summed E-state index contributed by atoms with van der Waals surface area (Å²) in [5.41, 5.74) is 0.275. The maximum absolute atomic E-state index is 13.7. The third-order valence-corrected chi connectivity index (χ3v) is 4.72. The van der Waals surface area contributed by atoms with Gasteiger partial charge in [-0.15, -0.1) is 0 Å². The molecule has 1 fully saturated rings. The van der Waals surface area contributed by atoms with Gasteiger partial charge in [-0.1, -0.05) is 0 Å². The number of urea groups is 2. The minimum Gasteiger partial charge on any atom is -0.324 e. The van der Waals surface area contributed by atoms with E-state index >= 15 is 0 Å². The van der Waals surface area contributed by atoms with Crippen molar-refractivity contribution >= 4 is 17.8 Å². The summed E-state index contributed by atoms with van der Waals surface area (Å²) in [6.07, 6.45) is 2.63. The average molecular weight is 360 g/mol. The fourth-order valence-corrected chi connectivity index (χ4v) is 3.46. The Bertz CT molecular complexity index is 792. The number of hydrogen-bond donors (Lipinski definition) is 0. The SMILES string of the molecule is CC1=NC(=O)N(C(=O)N2CCCCC2)C(c2cc(F)cc(F)c2)C1C#N. The molecule has 2 heterocycles. The fraction of sp³-hybridized carbons (Fsp3) is 0.444. The van der Waals surface area contributed by atoms with Crippen LogP contribution in [0.3, 0.4) is 0 Å². The Kier molecular flexibility index (Phi) is 4.98. The van der Waals surface area contributed by atoms with E-state index in [9.17, 15) is 23.6 Å². The standard InChI is InChI=1S/C18H18F2N4O2/c1-11-15(10-21)16(12-7-13(19)9-14(20)8-12)24(17(25)22-11)18(26)23-5-3-2-4-6-23/h7-9,15-16H,2-6H2,1H3. The Hall–Kier alpha value is -2.82. The minimum absolute atomic E-state index is 0.0574. The summed E-state index contributed by atoms with van der Waals surface area (Å²) in [5, 5.41) is 9.55. The summed E-state index contributed by atoms with van der Waals surface area (Å²) >= 11 is 0. The topological polar surface area (TPSA) is 76.8 Å². The molecule has 2 aliphatic rings. The number of carbonyl (C=O) groups excluding carboxylic acids is 2. The first kappa shape index (κ1) is 18.0. The molecule has 0 N–H and O–H groups in total. The normalized spacial score (nSPS) is 23.5. The second kappa shape index (κ2) is 7.20. The van der Waals surface area contributed by atoms with Crippen LogP contribution in [0.2, 0.25) is 0 Å². The third kappa shape index (κ3) is 3.29. The molecule has 4 amide bonds. The highest BCUT2D eigenvalue weighted by molar-refractivity contribution is 6.05. The lowest BCUT2D eigenvalue weighted by atomic mass is 9.88. The predicted molar refractivity (Wildman–Crippen MR) is 89.4 cm³/mol. The molecule has 2 aliphatic heterocycles. The van der Waals surface area contributed by atoms with Crippen molar-refractivity contribution in [1.82, 2.24) is 9.80 Å². The number of nitriles is 1. The molecule has 1 aromatic carbocycles. The van der Waals surface area contributed by atoms with Gasteiger partial charge in [-0.05, 0) is 43.9 Å². The number of likely N-dealkylation sites (tertiary alicyclic amines) is 1. The first-order valence-corrected chi connectivity index (χ1v) is 8.45. The van der Waals surface area contributed by atoms with Gasteiger partial charge in [-0.3, -0.25) is 0 Å². The molecular weight excluding hydrogens is 342 g/mol. The number of hydrogen-bond acceptors (Lipinski definition) is 3. The van der Waals surface area contributed by atoms with E-state index in [1.165, 1.54) is 11.8 Å². The van der Waals surface area contributed by atoms with Crippen molar-refractivity contribution in [1.29, 1.82) is 5.26 Å². The van der Waals surface area contributed by atoms with Crippen LogP contribution < -0.4 is 0 Å². The Morgan fingerprint density at radius 2 is 1.81 bits per heavy atom. The smallest absolute Gasteiger partial charge is 0.324 e. The molecule has 1 aromatic rings. The molecule has 0 saturated carbocycles. The summed E-state index contributed by atoms with van der Waals surface area (Å²) in [4.78, 5) is 31.6. The van der Waals surface area contributed by atoms with E-state index < -0.39 is 35.7 Å². The molecule has 2 unspecified atom stereocenters. The number of nitrogens with zero attached hydrogens (tertiary/aromatic N) is 4. The van der Waals surface area contributed by atoms with E-state index in [0.717, 1.165) is 36.3 Å². The van der Waals surface area contributed by atoms with Crippen LogP contribution in [0.1, 0.15) is 37.8 Å². The van der Waals surface area contributed by atoms with Gasteiger partial charge in [0.25, 0.3) is 0 Å². The number of halogens is 2. The Balaban J connectivity index is 2.07. The average Bonchev–Trinajstić information content (AvgIpc) is 2.60. The largest absolute Gasteiger partial charge is 0.352 e. The van der Waals surface area contributed by atoms with Gasteiger partial charge >= 0.3 is 12.1 Å². The molecular formula is C18H18F2N4O2. The molecule has 8 heteroatoms. The van der Waals surface area contributed by atoms with E-state index in [1.807, 2.05) is 6.07 Å². The lowest BCUT2D eigenvalue weighted by molar-refractivity contribution is 0.128. The van der Waals surface area contributed by atoms with Crippen LogP contribution >= 0.6 is 0 Å². The van der Waals surface area contributed by atoms with Crippen LogP contribution in [0, 0.1) is 28.9 Å². The highest BCUT2D eigenvalue weighted by atomic mass is 19.1. The summed E-state index contributed by atoms with van der Waals surface area (Å²) < 4.78 is 27.5. The Morgan fingerprint density at radius 1 is 1.19 bits per heavy atom. The van der Waals surface area contributed by atoms with Gasteiger partial charge < -0.3 is 4.90 Å². The highest BCUT2D eigenvalue weighted by Gasteiger charge is 2.43. The van der Waals surface area contributed by atoms with Crippen molar-refractivity contribution in [3.8, 4) is 6.07 Å². The zero-order valence-corrected chi connectivity index (χ0v) is 14.3. The Morgan fingerprint density at radius 3 is 2.38 bits per heavy atom. The molecule has 0 spiro atoms. The fourth-order valence-electron chi connectivity index (χ4n) is 3.46. The molecule has 2 atom stereocenters. The van der Waals surface area contributed by atoms with Gasteiger partial charge in [0.1, 0.15) is 17.6 Å². The van der Waals surface area contributed by atoms with Crippen LogP contribution in [0.4, 0.5) is 18.4 Å². The van der Waals surface area contributed by atoms with Crippen LogP contribution in [0.25, 0.3) is 0 Å². The number of amides is 4. The molecule has 0 aliphatic carbocycles. The number of rotatable bonds is 1. The first-order valence-electron chi connectivity index (χ1n) is 8.45.